The van der Waals surface area contributed by atoms with Crippen LogP contribution in [0.3, 0.4) is 0 Å². The Labute approximate surface area is 110 Å². The number of fused-ring (bicyclic) bond motifs is 1. The van der Waals surface area contributed by atoms with Crippen LogP contribution in [-0.4, -0.2) is 25.0 Å². The van der Waals surface area contributed by atoms with Crippen molar-refractivity contribution >= 4 is 16.7 Å². The van der Waals surface area contributed by atoms with Gasteiger partial charge in [0.1, 0.15) is 0 Å². The van der Waals surface area contributed by atoms with Crippen molar-refractivity contribution in [3.05, 3.63) is 33.6 Å². The number of H-pyrrole nitrogens is 1. The molecule has 0 aliphatic rings. The van der Waals surface area contributed by atoms with Gasteiger partial charge in [0.2, 0.25) is 5.43 Å². The number of hydrogen-bond donors (Lipinski definition) is 1. The summed E-state index contributed by atoms with van der Waals surface area (Å²) in [6.45, 7) is 3.08. The van der Waals surface area contributed by atoms with Crippen molar-refractivity contribution in [3.8, 4) is 11.5 Å². The SMILES string of the molecule is COc1cc2[nH]c(C)c(C(C)=O)c(=O)c2cc1OC. The Kier molecular flexibility index (Phi) is 3.29. The van der Waals surface area contributed by atoms with Crippen LogP contribution in [0.25, 0.3) is 10.9 Å². The van der Waals surface area contributed by atoms with Crippen molar-refractivity contribution in [3.63, 3.8) is 0 Å². The Hall–Kier alpha value is -2.30. The number of ether oxygens (including phenoxy) is 2. The zero-order valence-electron chi connectivity index (χ0n) is 11.3. The maximum absolute atomic E-state index is 12.3. The summed E-state index contributed by atoms with van der Waals surface area (Å²) in [7, 11) is 3.02. The first kappa shape index (κ1) is 13.1. The van der Waals surface area contributed by atoms with Crippen LogP contribution in [-0.2, 0) is 0 Å². The number of aromatic amines is 1. The Morgan fingerprint density at radius 2 is 1.74 bits per heavy atom. The maximum Gasteiger partial charge on any atom is 0.200 e. The highest BCUT2D eigenvalue weighted by Crippen LogP contribution is 2.30. The fourth-order valence-corrected chi connectivity index (χ4v) is 2.16. The van der Waals surface area contributed by atoms with E-state index in [4.69, 9.17) is 9.47 Å². The number of aromatic nitrogens is 1. The van der Waals surface area contributed by atoms with E-state index in [9.17, 15) is 9.59 Å². The second-order valence-electron chi connectivity index (χ2n) is 4.26. The number of ketones is 1. The summed E-state index contributed by atoms with van der Waals surface area (Å²) in [6.07, 6.45) is 0. The number of rotatable bonds is 3. The average molecular weight is 261 g/mol. The van der Waals surface area contributed by atoms with Crippen LogP contribution in [0.2, 0.25) is 0 Å². The minimum Gasteiger partial charge on any atom is -0.493 e. The number of methoxy groups -OCH3 is 2. The normalized spacial score (nSPS) is 10.5. The lowest BCUT2D eigenvalue weighted by molar-refractivity contribution is 0.101. The third-order valence-electron chi connectivity index (χ3n) is 3.04. The number of aryl methyl sites for hydroxylation is 1. The number of benzene rings is 1. The fourth-order valence-electron chi connectivity index (χ4n) is 2.16. The molecule has 1 N–H and O–H groups in total. The van der Waals surface area contributed by atoms with Gasteiger partial charge in [0, 0.05) is 11.8 Å². The van der Waals surface area contributed by atoms with Crippen LogP contribution < -0.4 is 14.9 Å². The summed E-state index contributed by atoms with van der Waals surface area (Å²) in [5.74, 6) is 0.731. The van der Waals surface area contributed by atoms with Gasteiger partial charge < -0.3 is 14.5 Å². The first-order valence-corrected chi connectivity index (χ1v) is 5.79. The Morgan fingerprint density at radius 1 is 1.16 bits per heavy atom. The zero-order chi connectivity index (χ0) is 14.2. The second kappa shape index (κ2) is 4.76. The molecule has 0 saturated heterocycles. The summed E-state index contributed by atoms with van der Waals surface area (Å²) < 4.78 is 10.4. The van der Waals surface area contributed by atoms with Crippen molar-refractivity contribution in [1.82, 2.24) is 4.98 Å². The highest BCUT2D eigenvalue weighted by Gasteiger charge is 2.15. The molecule has 0 amide bonds. The van der Waals surface area contributed by atoms with E-state index in [0.29, 0.717) is 28.1 Å². The van der Waals surface area contributed by atoms with Gasteiger partial charge in [-0.1, -0.05) is 0 Å². The molecular weight excluding hydrogens is 246 g/mol. The number of carbonyl (C=O) groups is 1. The van der Waals surface area contributed by atoms with Gasteiger partial charge in [-0.05, 0) is 19.9 Å². The molecule has 5 heteroatoms. The summed E-state index contributed by atoms with van der Waals surface area (Å²) >= 11 is 0. The van der Waals surface area contributed by atoms with E-state index in [1.807, 2.05) is 0 Å². The number of carbonyl (C=O) groups excluding carboxylic acids is 1. The molecule has 1 heterocycles. The molecule has 2 aromatic rings. The van der Waals surface area contributed by atoms with E-state index >= 15 is 0 Å². The highest BCUT2D eigenvalue weighted by molar-refractivity contribution is 5.98. The van der Waals surface area contributed by atoms with Crippen molar-refractivity contribution in [2.45, 2.75) is 13.8 Å². The molecule has 0 aliphatic carbocycles. The molecule has 1 aromatic carbocycles. The zero-order valence-corrected chi connectivity index (χ0v) is 11.3. The predicted octanol–water partition coefficient (Wildman–Crippen LogP) is 2.06. The summed E-state index contributed by atoms with van der Waals surface area (Å²) in [4.78, 5) is 26.9. The molecular formula is C14H15NO4. The van der Waals surface area contributed by atoms with Gasteiger partial charge in [-0.3, -0.25) is 9.59 Å². The van der Waals surface area contributed by atoms with Crippen LogP contribution >= 0.6 is 0 Å². The molecule has 0 spiro atoms. The quantitative estimate of drug-likeness (QED) is 0.859. The molecule has 0 saturated carbocycles. The second-order valence-corrected chi connectivity index (χ2v) is 4.26. The smallest absolute Gasteiger partial charge is 0.200 e. The number of Topliss-reactive ketones (excluding diaryl/α,β-unsaturated/α-hetero) is 1. The third-order valence-corrected chi connectivity index (χ3v) is 3.04. The Morgan fingerprint density at radius 3 is 2.26 bits per heavy atom. The molecule has 100 valence electrons. The highest BCUT2D eigenvalue weighted by atomic mass is 16.5. The van der Waals surface area contributed by atoms with Crippen molar-refractivity contribution in [2.24, 2.45) is 0 Å². The topological polar surface area (TPSA) is 68.4 Å². The first-order chi connectivity index (χ1) is 8.99. The van der Waals surface area contributed by atoms with Crippen LogP contribution in [0, 0.1) is 6.92 Å². The lowest BCUT2D eigenvalue weighted by Gasteiger charge is -2.10. The monoisotopic (exact) mass is 261 g/mol. The third kappa shape index (κ3) is 2.07. The minimum absolute atomic E-state index is 0.180. The number of nitrogens with one attached hydrogen (secondary N) is 1. The number of hydrogen-bond acceptors (Lipinski definition) is 4. The van der Waals surface area contributed by atoms with E-state index in [0.717, 1.165) is 0 Å². The molecule has 1 aromatic heterocycles. The van der Waals surface area contributed by atoms with E-state index in [1.165, 1.54) is 21.1 Å². The Balaban J connectivity index is 2.90. The molecule has 0 atom stereocenters. The largest absolute Gasteiger partial charge is 0.493 e. The summed E-state index contributed by atoms with van der Waals surface area (Å²) in [5, 5.41) is 0.411. The average Bonchev–Trinajstić information content (AvgIpc) is 2.36. The van der Waals surface area contributed by atoms with Gasteiger partial charge in [-0.2, -0.15) is 0 Å². The van der Waals surface area contributed by atoms with E-state index < -0.39 is 0 Å². The number of pyridine rings is 1. The summed E-state index contributed by atoms with van der Waals surface area (Å²) in [6, 6.07) is 3.27. The molecule has 19 heavy (non-hydrogen) atoms. The Bertz CT molecular complexity index is 715. The van der Waals surface area contributed by atoms with Gasteiger partial charge in [-0.25, -0.2) is 0 Å². The molecule has 0 fully saturated rings. The predicted molar refractivity (Wildman–Crippen MR) is 72.4 cm³/mol. The van der Waals surface area contributed by atoms with Crippen LogP contribution in [0.5, 0.6) is 11.5 Å². The lowest BCUT2D eigenvalue weighted by Crippen LogP contribution is -2.17. The maximum atomic E-state index is 12.3. The van der Waals surface area contributed by atoms with Crippen LogP contribution in [0.4, 0.5) is 0 Å². The van der Waals surface area contributed by atoms with E-state index in [2.05, 4.69) is 4.98 Å². The standard InChI is InChI=1S/C14H15NO4/c1-7-13(8(2)16)14(17)9-5-11(18-3)12(19-4)6-10(9)15-7/h5-6H,1-4H3,(H,15,17). The molecule has 0 aliphatic heterocycles. The van der Waals surface area contributed by atoms with Crippen molar-refractivity contribution in [1.29, 1.82) is 0 Å². The molecule has 0 radical (unpaired) electrons. The molecule has 2 rings (SSSR count). The van der Waals surface area contributed by atoms with Crippen molar-refractivity contribution < 1.29 is 14.3 Å². The first-order valence-electron chi connectivity index (χ1n) is 5.79. The molecule has 0 unspecified atom stereocenters. The van der Waals surface area contributed by atoms with Crippen LogP contribution in [0.1, 0.15) is 23.0 Å². The molecule has 5 nitrogen and oxygen atoms in total. The van der Waals surface area contributed by atoms with E-state index in [-0.39, 0.29) is 16.8 Å². The van der Waals surface area contributed by atoms with Crippen LogP contribution in [0.15, 0.2) is 16.9 Å². The van der Waals surface area contributed by atoms with Crippen molar-refractivity contribution in [2.75, 3.05) is 14.2 Å². The van der Waals surface area contributed by atoms with Gasteiger partial charge in [0.25, 0.3) is 0 Å². The fraction of sp³-hybridized carbons (Fsp3) is 0.286. The van der Waals surface area contributed by atoms with E-state index in [1.54, 1.807) is 19.1 Å². The van der Waals surface area contributed by atoms with Gasteiger partial charge in [0.05, 0.1) is 30.7 Å². The van der Waals surface area contributed by atoms with Gasteiger partial charge in [0.15, 0.2) is 17.3 Å². The summed E-state index contributed by atoms with van der Waals surface area (Å²) in [5.41, 5.74) is 1.06. The molecule has 0 bridgehead atoms. The minimum atomic E-state index is -0.292. The van der Waals surface area contributed by atoms with Gasteiger partial charge in [-0.15, -0.1) is 0 Å². The lowest BCUT2D eigenvalue weighted by atomic mass is 10.1. The van der Waals surface area contributed by atoms with Gasteiger partial charge >= 0.3 is 0 Å².